The number of morpholine rings is 1. The predicted octanol–water partition coefficient (Wildman–Crippen LogP) is 2.25. The molecule has 1 saturated heterocycles. The number of rotatable bonds is 4. The summed E-state index contributed by atoms with van der Waals surface area (Å²) in [5.41, 5.74) is 2.96. The summed E-state index contributed by atoms with van der Waals surface area (Å²) in [6.45, 7) is 6.10. The van der Waals surface area contributed by atoms with Crippen molar-refractivity contribution >= 4 is 11.3 Å². The number of aromatic amines is 1. The van der Waals surface area contributed by atoms with Gasteiger partial charge in [0, 0.05) is 30.1 Å². The van der Waals surface area contributed by atoms with E-state index >= 15 is 0 Å². The van der Waals surface area contributed by atoms with E-state index in [0.29, 0.717) is 0 Å². The summed E-state index contributed by atoms with van der Waals surface area (Å²) in [4.78, 5) is 18.2. The van der Waals surface area contributed by atoms with Crippen LogP contribution in [0.2, 0.25) is 0 Å². The van der Waals surface area contributed by atoms with Gasteiger partial charge in [0.25, 0.3) is 0 Å². The van der Waals surface area contributed by atoms with Crippen molar-refractivity contribution in [3.63, 3.8) is 0 Å². The maximum atomic E-state index is 11.9. The van der Waals surface area contributed by atoms with Crippen LogP contribution in [0.15, 0.2) is 23.0 Å². The smallest absolute Gasteiger partial charge is 0.305 e. The molecule has 0 atom stereocenters. The Kier molecular flexibility index (Phi) is 4.61. The molecule has 22 heavy (non-hydrogen) atoms. The highest BCUT2D eigenvalue weighted by molar-refractivity contribution is 7.09. The van der Waals surface area contributed by atoms with Crippen molar-refractivity contribution in [3.05, 3.63) is 38.3 Å². The van der Waals surface area contributed by atoms with Crippen LogP contribution in [-0.4, -0.2) is 43.3 Å². The topological polar surface area (TPSA) is 54.6 Å². The van der Waals surface area contributed by atoms with E-state index in [1.807, 2.05) is 19.1 Å². The Morgan fingerprint density at radius 3 is 2.86 bits per heavy atom. The van der Waals surface area contributed by atoms with E-state index in [0.717, 1.165) is 60.3 Å². The number of hydrogen-bond donors (Lipinski definition) is 1. The molecule has 3 rings (SSSR count). The quantitative estimate of drug-likeness (QED) is 0.939. The van der Waals surface area contributed by atoms with Crippen molar-refractivity contribution in [2.75, 3.05) is 33.4 Å². The molecule has 1 aliphatic rings. The first-order chi connectivity index (χ1) is 10.7. The highest BCUT2D eigenvalue weighted by Crippen LogP contribution is 2.33. The normalized spacial score (nSPS) is 15.9. The van der Waals surface area contributed by atoms with Crippen molar-refractivity contribution in [3.8, 4) is 17.0 Å². The van der Waals surface area contributed by atoms with E-state index in [2.05, 4.69) is 16.0 Å². The van der Waals surface area contributed by atoms with Crippen molar-refractivity contribution in [2.45, 2.75) is 13.5 Å². The van der Waals surface area contributed by atoms with Gasteiger partial charge in [0.2, 0.25) is 0 Å². The lowest BCUT2D eigenvalue weighted by Crippen LogP contribution is -2.35. The molecular formula is C16H20N2O3S. The fourth-order valence-corrected chi connectivity index (χ4v) is 3.56. The predicted molar refractivity (Wildman–Crippen MR) is 87.8 cm³/mol. The largest absolute Gasteiger partial charge is 0.496 e. The molecule has 0 radical (unpaired) electrons. The Balaban J connectivity index is 1.97. The van der Waals surface area contributed by atoms with E-state index < -0.39 is 0 Å². The highest BCUT2D eigenvalue weighted by atomic mass is 32.1. The second-order valence-electron chi connectivity index (χ2n) is 5.40. The molecule has 1 aromatic carbocycles. The van der Waals surface area contributed by atoms with Crippen LogP contribution in [0.4, 0.5) is 0 Å². The molecule has 1 aromatic heterocycles. The number of benzene rings is 1. The van der Waals surface area contributed by atoms with E-state index in [1.54, 1.807) is 7.11 Å². The Labute approximate surface area is 133 Å². The lowest BCUT2D eigenvalue weighted by atomic mass is 10.1. The summed E-state index contributed by atoms with van der Waals surface area (Å²) in [6, 6.07) is 6.01. The number of nitrogens with zero attached hydrogens (tertiary/aromatic N) is 1. The number of thiazole rings is 1. The van der Waals surface area contributed by atoms with Gasteiger partial charge in [-0.1, -0.05) is 23.0 Å². The summed E-state index contributed by atoms with van der Waals surface area (Å²) < 4.78 is 10.8. The summed E-state index contributed by atoms with van der Waals surface area (Å²) in [5, 5.41) is 0. The van der Waals surface area contributed by atoms with Gasteiger partial charge in [0.05, 0.1) is 26.0 Å². The second kappa shape index (κ2) is 6.64. The zero-order valence-corrected chi connectivity index (χ0v) is 13.7. The van der Waals surface area contributed by atoms with Crippen LogP contribution in [0.5, 0.6) is 5.75 Å². The molecule has 118 valence electrons. The summed E-state index contributed by atoms with van der Waals surface area (Å²) in [5.74, 6) is 0.780. The van der Waals surface area contributed by atoms with Gasteiger partial charge in [0.15, 0.2) is 0 Å². The molecule has 0 aliphatic carbocycles. The van der Waals surface area contributed by atoms with Gasteiger partial charge in [-0.05, 0) is 19.1 Å². The zero-order chi connectivity index (χ0) is 15.5. The van der Waals surface area contributed by atoms with Gasteiger partial charge in [0.1, 0.15) is 5.75 Å². The molecule has 0 bridgehead atoms. The van der Waals surface area contributed by atoms with Crippen molar-refractivity contribution in [2.24, 2.45) is 0 Å². The van der Waals surface area contributed by atoms with Gasteiger partial charge >= 0.3 is 4.87 Å². The van der Waals surface area contributed by atoms with Gasteiger partial charge in [-0.2, -0.15) is 0 Å². The number of aromatic nitrogens is 1. The van der Waals surface area contributed by atoms with Crippen molar-refractivity contribution < 1.29 is 9.47 Å². The highest BCUT2D eigenvalue weighted by Gasteiger charge is 2.18. The van der Waals surface area contributed by atoms with Gasteiger partial charge in [-0.3, -0.25) is 9.69 Å². The Morgan fingerprint density at radius 1 is 1.36 bits per heavy atom. The lowest BCUT2D eigenvalue weighted by Gasteiger charge is -2.26. The van der Waals surface area contributed by atoms with Crippen LogP contribution < -0.4 is 9.61 Å². The van der Waals surface area contributed by atoms with Crippen molar-refractivity contribution in [1.29, 1.82) is 0 Å². The number of methoxy groups -OCH3 is 1. The molecule has 2 aromatic rings. The maximum absolute atomic E-state index is 11.9. The van der Waals surface area contributed by atoms with Crippen LogP contribution in [0, 0.1) is 6.92 Å². The third-order valence-corrected chi connectivity index (χ3v) is 4.68. The minimum absolute atomic E-state index is 0.0261. The number of H-pyrrole nitrogens is 1. The number of aryl methyl sites for hydroxylation is 1. The maximum Gasteiger partial charge on any atom is 0.305 e. The summed E-state index contributed by atoms with van der Waals surface area (Å²) in [7, 11) is 1.65. The van der Waals surface area contributed by atoms with Crippen LogP contribution in [0.25, 0.3) is 11.3 Å². The Hall–Kier alpha value is -1.63. The molecule has 1 N–H and O–H groups in total. The number of nitrogens with one attached hydrogen (secondary N) is 1. The average Bonchev–Trinajstić information content (AvgIpc) is 2.88. The Bertz CT molecular complexity index is 702. The van der Waals surface area contributed by atoms with Gasteiger partial charge in [-0.15, -0.1) is 0 Å². The standard InChI is InChI=1S/C16H20N2O3S/c1-11-3-4-13(20-2)12(9-11)15-14(22-16(19)17-15)10-18-5-7-21-8-6-18/h3-4,9H,5-8,10H2,1-2H3,(H,17,19). The molecule has 1 fully saturated rings. The minimum Gasteiger partial charge on any atom is -0.496 e. The fraction of sp³-hybridized carbons (Fsp3) is 0.438. The molecule has 0 saturated carbocycles. The number of hydrogen-bond acceptors (Lipinski definition) is 5. The first kappa shape index (κ1) is 15.3. The molecular weight excluding hydrogens is 300 g/mol. The molecule has 1 aliphatic heterocycles. The van der Waals surface area contributed by atoms with Gasteiger partial charge in [-0.25, -0.2) is 0 Å². The third kappa shape index (κ3) is 3.24. The molecule has 6 heteroatoms. The summed E-state index contributed by atoms with van der Waals surface area (Å²) in [6.07, 6.45) is 0. The number of ether oxygens (including phenoxy) is 2. The molecule has 0 unspecified atom stereocenters. The van der Waals surface area contributed by atoms with Crippen LogP contribution in [-0.2, 0) is 11.3 Å². The lowest BCUT2D eigenvalue weighted by molar-refractivity contribution is 0.0347. The average molecular weight is 320 g/mol. The van der Waals surface area contributed by atoms with Crippen LogP contribution in [0.3, 0.4) is 0 Å². The first-order valence-electron chi connectivity index (χ1n) is 7.34. The second-order valence-corrected chi connectivity index (χ2v) is 6.47. The molecule has 5 nitrogen and oxygen atoms in total. The summed E-state index contributed by atoms with van der Waals surface area (Å²) >= 11 is 1.28. The monoisotopic (exact) mass is 320 g/mol. The molecule has 2 heterocycles. The van der Waals surface area contributed by atoms with Gasteiger partial charge < -0.3 is 14.5 Å². The van der Waals surface area contributed by atoms with Crippen LogP contribution in [0.1, 0.15) is 10.4 Å². The van der Waals surface area contributed by atoms with E-state index in [-0.39, 0.29) is 4.87 Å². The third-order valence-electron chi connectivity index (χ3n) is 3.82. The van der Waals surface area contributed by atoms with Crippen LogP contribution >= 0.6 is 11.3 Å². The van der Waals surface area contributed by atoms with Crippen molar-refractivity contribution in [1.82, 2.24) is 9.88 Å². The van der Waals surface area contributed by atoms with E-state index in [4.69, 9.17) is 9.47 Å². The molecule has 0 amide bonds. The zero-order valence-electron chi connectivity index (χ0n) is 12.8. The SMILES string of the molecule is COc1ccc(C)cc1-c1[nH]c(=O)sc1CN1CCOCC1. The van der Waals surface area contributed by atoms with E-state index in [9.17, 15) is 4.79 Å². The molecule has 0 spiro atoms. The Morgan fingerprint density at radius 2 is 2.14 bits per heavy atom. The van der Waals surface area contributed by atoms with E-state index in [1.165, 1.54) is 11.3 Å². The first-order valence-corrected chi connectivity index (χ1v) is 8.16. The minimum atomic E-state index is -0.0261. The fourth-order valence-electron chi connectivity index (χ4n) is 2.67.